The number of carbonyl (C=O) groups is 2. The summed E-state index contributed by atoms with van der Waals surface area (Å²) in [5.74, 6) is -0.327. The molecular weight excluding hydrogens is 556 g/mol. The predicted molar refractivity (Wildman–Crippen MR) is 160 cm³/mol. The monoisotopic (exact) mass is 588 g/mol. The molecule has 1 atom stereocenters. The van der Waals surface area contributed by atoms with Gasteiger partial charge in [0.05, 0.1) is 29.1 Å². The number of sulfonamides is 1. The maximum atomic E-state index is 13.4. The van der Waals surface area contributed by atoms with Gasteiger partial charge in [-0.25, -0.2) is 13.4 Å². The van der Waals surface area contributed by atoms with Crippen molar-refractivity contribution in [1.82, 2.24) is 19.9 Å². The minimum absolute atomic E-state index is 0.118. The fraction of sp³-hybridized carbons (Fsp3) is 0.300. The van der Waals surface area contributed by atoms with E-state index in [0.29, 0.717) is 33.8 Å². The predicted octanol–water partition coefficient (Wildman–Crippen LogP) is 4.48. The first-order valence-corrected chi connectivity index (χ1v) is 15.8. The summed E-state index contributed by atoms with van der Waals surface area (Å²) in [5.41, 5.74) is 10.4. The summed E-state index contributed by atoms with van der Waals surface area (Å²) in [7, 11) is -3.46. The zero-order valence-corrected chi connectivity index (χ0v) is 23.9. The Balaban J connectivity index is 1.27. The number of furan rings is 1. The van der Waals surface area contributed by atoms with Crippen molar-refractivity contribution in [2.75, 3.05) is 11.0 Å². The van der Waals surface area contributed by atoms with Gasteiger partial charge in [0.25, 0.3) is 5.91 Å². The van der Waals surface area contributed by atoms with Crippen molar-refractivity contribution in [3.63, 3.8) is 0 Å². The topological polar surface area (TPSA) is 165 Å². The molecule has 3 aromatic heterocycles. The van der Waals surface area contributed by atoms with Gasteiger partial charge < -0.3 is 25.0 Å². The van der Waals surface area contributed by atoms with E-state index >= 15 is 0 Å². The molecule has 1 fully saturated rings. The molecule has 11 nitrogen and oxygen atoms in total. The first-order valence-electron chi connectivity index (χ1n) is 13.9. The van der Waals surface area contributed by atoms with Crippen molar-refractivity contribution >= 4 is 49.5 Å². The van der Waals surface area contributed by atoms with Gasteiger partial charge in [0.15, 0.2) is 0 Å². The number of aromatic nitrogens is 3. The number of fused-ring (bicyclic) bond motifs is 2. The molecule has 0 spiro atoms. The van der Waals surface area contributed by atoms with Crippen LogP contribution in [-0.2, 0) is 21.2 Å². The molecule has 1 aliphatic rings. The second kappa shape index (κ2) is 11.0. The molecule has 0 aliphatic heterocycles. The van der Waals surface area contributed by atoms with E-state index in [2.05, 4.69) is 19.6 Å². The highest BCUT2D eigenvalue weighted by Crippen LogP contribution is 2.36. The molecule has 6 rings (SSSR count). The van der Waals surface area contributed by atoms with Crippen molar-refractivity contribution in [1.29, 1.82) is 0 Å². The molecule has 5 N–H and O–H groups in total. The zero-order chi connectivity index (χ0) is 29.4. The van der Waals surface area contributed by atoms with E-state index in [9.17, 15) is 18.0 Å². The Morgan fingerprint density at radius 3 is 2.67 bits per heavy atom. The molecule has 1 aliphatic carbocycles. The first-order chi connectivity index (χ1) is 20.2. The minimum Gasteiger partial charge on any atom is -0.472 e. The number of carbonyl (C=O) groups excluding carboxylic acids is 2. The molecule has 0 bridgehead atoms. The Kier molecular flexibility index (Phi) is 7.23. The van der Waals surface area contributed by atoms with Crippen LogP contribution in [0.3, 0.4) is 0 Å². The third kappa shape index (κ3) is 5.62. The van der Waals surface area contributed by atoms with Crippen LogP contribution in [0.25, 0.3) is 33.3 Å². The van der Waals surface area contributed by atoms with Crippen LogP contribution in [0.5, 0.6) is 0 Å². The van der Waals surface area contributed by atoms with Crippen molar-refractivity contribution in [3.8, 4) is 11.4 Å². The number of nitrogens with one attached hydrogen (secondary N) is 3. The van der Waals surface area contributed by atoms with Crippen molar-refractivity contribution in [2.45, 2.75) is 50.6 Å². The van der Waals surface area contributed by atoms with Gasteiger partial charge in [-0.2, -0.15) is 0 Å². The number of H-pyrrole nitrogens is 1. The lowest BCUT2D eigenvalue weighted by Crippen LogP contribution is -2.45. The number of anilines is 1. The van der Waals surface area contributed by atoms with Crippen LogP contribution in [0.1, 0.15) is 54.1 Å². The van der Waals surface area contributed by atoms with Crippen molar-refractivity contribution in [3.05, 3.63) is 72.3 Å². The van der Waals surface area contributed by atoms with Gasteiger partial charge in [0.1, 0.15) is 18.1 Å². The number of benzene rings is 2. The number of amides is 2. The van der Waals surface area contributed by atoms with Crippen molar-refractivity contribution in [2.24, 2.45) is 5.73 Å². The van der Waals surface area contributed by atoms with Crippen LogP contribution in [-0.4, -0.2) is 47.1 Å². The molecule has 0 unspecified atom stereocenters. The number of nitrogens with two attached hydrogens (primary N) is 1. The fourth-order valence-corrected chi connectivity index (χ4v) is 6.41. The maximum Gasteiger partial charge on any atom is 0.252 e. The highest BCUT2D eigenvalue weighted by atomic mass is 32.2. The lowest BCUT2D eigenvalue weighted by atomic mass is 9.95. The Morgan fingerprint density at radius 1 is 1.14 bits per heavy atom. The number of hydrogen-bond donors (Lipinski definition) is 4. The number of aromatic amines is 1. The van der Waals surface area contributed by atoms with Gasteiger partial charge in [0, 0.05) is 40.8 Å². The van der Waals surface area contributed by atoms with E-state index in [1.165, 1.54) is 6.42 Å². The van der Waals surface area contributed by atoms with Crippen LogP contribution < -0.4 is 15.8 Å². The smallest absolute Gasteiger partial charge is 0.252 e. The highest BCUT2D eigenvalue weighted by Gasteiger charge is 2.25. The average Bonchev–Trinajstić information content (AvgIpc) is 3.70. The Bertz CT molecular complexity index is 1880. The third-order valence-corrected chi connectivity index (χ3v) is 8.42. The molecule has 5 aromatic rings. The van der Waals surface area contributed by atoms with E-state index in [1.54, 1.807) is 49.1 Å². The van der Waals surface area contributed by atoms with E-state index < -0.39 is 27.9 Å². The number of primary amides is 1. The molecule has 1 saturated carbocycles. The zero-order valence-electron chi connectivity index (χ0n) is 23.1. The molecule has 2 amide bonds. The third-order valence-electron chi connectivity index (χ3n) is 7.81. The SMILES string of the molecule is CS(=O)(=O)Nc1ccc2[nH]cc(C[C@H](NC(=O)c3ccc4c(c3)nc(-c3ccoc3)n4C3CCCCC3)C(N)=O)c2c1. The lowest BCUT2D eigenvalue weighted by Gasteiger charge is -2.25. The average molecular weight is 589 g/mol. The first kappa shape index (κ1) is 27.6. The van der Waals surface area contributed by atoms with E-state index in [-0.39, 0.29) is 6.42 Å². The summed E-state index contributed by atoms with van der Waals surface area (Å²) in [6.07, 6.45) is 11.9. The highest BCUT2D eigenvalue weighted by molar-refractivity contribution is 7.92. The minimum atomic E-state index is -3.46. The van der Waals surface area contributed by atoms with Crippen LogP contribution in [0.15, 0.2) is 65.6 Å². The van der Waals surface area contributed by atoms with Gasteiger partial charge >= 0.3 is 0 Å². The molecule has 218 valence electrons. The number of rotatable bonds is 9. The molecule has 3 heterocycles. The maximum absolute atomic E-state index is 13.4. The van der Waals surface area contributed by atoms with Gasteiger partial charge in [-0.1, -0.05) is 19.3 Å². The summed E-state index contributed by atoms with van der Waals surface area (Å²) < 4.78 is 33.4. The molecule has 2 aromatic carbocycles. The Hall–Kier alpha value is -4.58. The number of nitrogens with zero attached hydrogens (tertiary/aromatic N) is 2. The summed E-state index contributed by atoms with van der Waals surface area (Å²) in [6.45, 7) is 0. The van der Waals surface area contributed by atoms with E-state index in [1.807, 2.05) is 12.1 Å². The summed E-state index contributed by atoms with van der Waals surface area (Å²) in [5, 5.41) is 3.49. The van der Waals surface area contributed by atoms with Gasteiger partial charge in [-0.3, -0.25) is 14.3 Å². The summed E-state index contributed by atoms with van der Waals surface area (Å²) >= 11 is 0. The van der Waals surface area contributed by atoms with Crippen LogP contribution in [0.4, 0.5) is 5.69 Å². The van der Waals surface area contributed by atoms with Gasteiger partial charge in [-0.15, -0.1) is 0 Å². The normalized spacial score (nSPS) is 15.2. The van der Waals surface area contributed by atoms with Crippen LogP contribution >= 0.6 is 0 Å². The molecule has 42 heavy (non-hydrogen) atoms. The van der Waals surface area contributed by atoms with Crippen LogP contribution in [0.2, 0.25) is 0 Å². The quantitative estimate of drug-likeness (QED) is 0.198. The summed E-state index contributed by atoms with van der Waals surface area (Å²) in [4.78, 5) is 33.8. The second-order valence-electron chi connectivity index (χ2n) is 10.9. The number of hydrogen-bond acceptors (Lipinski definition) is 6. The lowest BCUT2D eigenvalue weighted by molar-refractivity contribution is -0.119. The largest absolute Gasteiger partial charge is 0.472 e. The van der Waals surface area contributed by atoms with Gasteiger partial charge in [0.2, 0.25) is 15.9 Å². The standard InChI is InChI=1S/C30H32N6O5S/c1-42(39,40)35-21-8-9-24-23(15-21)20(16-32-24)14-26(28(31)37)34-30(38)18-7-10-27-25(13-18)33-29(19-11-12-41-17-19)36(27)22-5-3-2-4-6-22/h7-13,15-17,22,26,32,35H,2-6,14H2,1H3,(H2,31,37)(H,34,38)/t26-/m0/s1. The van der Waals surface area contributed by atoms with Crippen LogP contribution in [0, 0.1) is 0 Å². The second-order valence-corrected chi connectivity index (χ2v) is 12.6. The Labute approximate surface area is 242 Å². The molecular formula is C30H32N6O5S. The molecule has 0 saturated heterocycles. The number of imidazole rings is 1. The summed E-state index contributed by atoms with van der Waals surface area (Å²) in [6, 6.07) is 11.6. The van der Waals surface area contributed by atoms with Gasteiger partial charge in [-0.05, 0) is 60.9 Å². The molecule has 0 radical (unpaired) electrons. The van der Waals surface area contributed by atoms with E-state index in [0.717, 1.165) is 54.4 Å². The van der Waals surface area contributed by atoms with E-state index in [4.69, 9.17) is 15.1 Å². The van der Waals surface area contributed by atoms with Crippen molar-refractivity contribution < 1.29 is 22.4 Å². The fourth-order valence-electron chi connectivity index (χ4n) is 5.85. The molecule has 12 heteroatoms. The Morgan fingerprint density at radius 2 is 1.95 bits per heavy atom.